The third-order valence-corrected chi connectivity index (χ3v) is 5.72. The Morgan fingerprint density at radius 2 is 1.32 bits per heavy atom. The van der Waals surface area contributed by atoms with E-state index < -0.39 is 0 Å². The van der Waals surface area contributed by atoms with Gasteiger partial charge in [0.15, 0.2) is 0 Å². The Balaban J connectivity index is 1.88. The summed E-state index contributed by atoms with van der Waals surface area (Å²) in [6.45, 7) is 8.13. The number of carbonyl (C=O) groups excluding carboxylic acids is 2. The van der Waals surface area contributed by atoms with Gasteiger partial charge in [-0.3, -0.25) is 9.59 Å². The summed E-state index contributed by atoms with van der Waals surface area (Å²) in [5, 5.41) is 0. The van der Waals surface area contributed by atoms with E-state index in [4.69, 9.17) is 0 Å². The van der Waals surface area contributed by atoms with E-state index in [0.717, 1.165) is 48.4 Å². The van der Waals surface area contributed by atoms with E-state index in [1.165, 1.54) is 5.56 Å². The summed E-state index contributed by atoms with van der Waals surface area (Å²) in [6.07, 6.45) is 2.97. The van der Waals surface area contributed by atoms with Gasteiger partial charge < -0.3 is 9.80 Å². The molecule has 0 bridgehead atoms. The Kier molecular flexibility index (Phi) is 4.74. The van der Waals surface area contributed by atoms with Crippen LogP contribution in [0.25, 0.3) is 11.1 Å². The largest absolute Gasteiger partial charge is 0.312 e. The summed E-state index contributed by atoms with van der Waals surface area (Å²) < 4.78 is 0. The summed E-state index contributed by atoms with van der Waals surface area (Å²) in [4.78, 5) is 28.5. The van der Waals surface area contributed by atoms with Gasteiger partial charge in [-0.15, -0.1) is 0 Å². The van der Waals surface area contributed by atoms with Gasteiger partial charge in [-0.05, 0) is 53.1 Å². The molecule has 0 unspecified atom stereocenters. The molecule has 2 aliphatic heterocycles. The number of carbonyl (C=O) groups is 2. The second-order valence-electron chi connectivity index (χ2n) is 8.83. The molecular formula is C24H28N2O2. The molecule has 4 rings (SSSR count). The van der Waals surface area contributed by atoms with E-state index >= 15 is 0 Å². The number of benzene rings is 2. The van der Waals surface area contributed by atoms with Crippen molar-refractivity contribution in [1.29, 1.82) is 0 Å². The number of anilines is 2. The Morgan fingerprint density at radius 3 is 1.79 bits per heavy atom. The molecule has 0 saturated carbocycles. The molecule has 0 atom stereocenters. The standard InChI is InChI=1S/C24H28N2O2/c1-24(2,3)21-9-5-4-8-20(21)17-14-18(25-12-6-10-22(25)27)16-19(15-17)26-13-7-11-23(26)28/h4-5,8-9,14-16H,6-7,10-13H2,1-3H3. The number of nitrogens with zero attached hydrogens (tertiary/aromatic N) is 2. The fraction of sp³-hybridized carbons (Fsp3) is 0.417. The fourth-order valence-corrected chi connectivity index (χ4v) is 4.29. The molecule has 2 aromatic rings. The van der Waals surface area contributed by atoms with Crippen LogP contribution in [-0.2, 0) is 15.0 Å². The molecule has 2 aromatic carbocycles. The maximum absolute atomic E-state index is 12.4. The zero-order chi connectivity index (χ0) is 19.9. The molecule has 2 aliphatic rings. The van der Waals surface area contributed by atoms with Gasteiger partial charge >= 0.3 is 0 Å². The fourth-order valence-electron chi connectivity index (χ4n) is 4.29. The molecule has 4 nitrogen and oxygen atoms in total. The van der Waals surface area contributed by atoms with Crippen molar-refractivity contribution in [1.82, 2.24) is 0 Å². The number of rotatable bonds is 3. The predicted molar refractivity (Wildman–Crippen MR) is 114 cm³/mol. The molecule has 0 N–H and O–H groups in total. The van der Waals surface area contributed by atoms with Crippen molar-refractivity contribution in [2.45, 2.75) is 51.9 Å². The van der Waals surface area contributed by atoms with Crippen molar-refractivity contribution in [2.24, 2.45) is 0 Å². The van der Waals surface area contributed by atoms with Crippen LogP contribution in [0.1, 0.15) is 52.0 Å². The second kappa shape index (κ2) is 7.08. The smallest absolute Gasteiger partial charge is 0.227 e. The predicted octanol–water partition coefficient (Wildman–Crippen LogP) is 4.90. The zero-order valence-electron chi connectivity index (χ0n) is 17.0. The highest BCUT2D eigenvalue weighted by atomic mass is 16.2. The molecule has 0 aliphatic carbocycles. The van der Waals surface area contributed by atoms with E-state index in [1.807, 2.05) is 15.9 Å². The summed E-state index contributed by atoms with van der Waals surface area (Å²) in [6, 6.07) is 14.7. The lowest BCUT2D eigenvalue weighted by molar-refractivity contribution is -0.117. The minimum Gasteiger partial charge on any atom is -0.312 e. The Hall–Kier alpha value is -2.62. The minimum atomic E-state index is -0.000309. The lowest BCUT2D eigenvalue weighted by Crippen LogP contribution is -2.26. The van der Waals surface area contributed by atoms with Gasteiger partial charge in [0.05, 0.1) is 0 Å². The van der Waals surface area contributed by atoms with Crippen molar-refractivity contribution in [3.05, 3.63) is 48.0 Å². The first-order chi connectivity index (χ1) is 13.3. The van der Waals surface area contributed by atoms with Gasteiger partial charge in [-0.1, -0.05) is 45.0 Å². The Morgan fingerprint density at radius 1 is 0.786 bits per heavy atom. The maximum Gasteiger partial charge on any atom is 0.227 e. The minimum absolute atomic E-state index is 0.000309. The van der Waals surface area contributed by atoms with E-state index in [0.29, 0.717) is 12.8 Å². The molecule has 0 aromatic heterocycles. The van der Waals surface area contributed by atoms with Crippen LogP contribution in [0.5, 0.6) is 0 Å². The van der Waals surface area contributed by atoms with Crippen molar-refractivity contribution in [2.75, 3.05) is 22.9 Å². The van der Waals surface area contributed by atoms with Gasteiger partial charge in [0.25, 0.3) is 0 Å². The van der Waals surface area contributed by atoms with Crippen LogP contribution in [0, 0.1) is 0 Å². The monoisotopic (exact) mass is 376 g/mol. The maximum atomic E-state index is 12.4. The highest BCUT2D eigenvalue weighted by Gasteiger charge is 2.27. The van der Waals surface area contributed by atoms with Crippen LogP contribution >= 0.6 is 0 Å². The van der Waals surface area contributed by atoms with Gasteiger partial charge in [-0.2, -0.15) is 0 Å². The SMILES string of the molecule is CC(C)(C)c1ccccc1-c1cc(N2CCCC2=O)cc(N2CCCC2=O)c1. The lowest BCUT2D eigenvalue weighted by atomic mass is 9.81. The van der Waals surface area contributed by atoms with Crippen molar-refractivity contribution >= 4 is 23.2 Å². The van der Waals surface area contributed by atoms with Crippen LogP contribution in [0.2, 0.25) is 0 Å². The average molecular weight is 377 g/mol. The van der Waals surface area contributed by atoms with Gasteiger partial charge in [-0.25, -0.2) is 0 Å². The average Bonchev–Trinajstić information content (AvgIpc) is 3.29. The summed E-state index contributed by atoms with van der Waals surface area (Å²) in [5.74, 6) is 0.333. The highest BCUT2D eigenvalue weighted by Crippen LogP contribution is 2.38. The Labute approximate surface area is 167 Å². The molecule has 0 radical (unpaired) electrons. The van der Waals surface area contributed by atoms with Crippen LogP contribution in [0.3, 0.4) is 0 Å². The number of hydrogen-bond donors (Lipinski definition) is 0. The number of amides is 2. The van der Waals surface area contributed by atoms with Gasteiger partial charge in [0.1, 0.15) is 0 Å². The summed E-state index contributed by atoms with van der Waals surface area (Å²) >= 11 is 0. The quantitative estimate of drug-likeness (QED) is 0.764. The van der Waals surface area contributed by atoms with Crippen LogP contribution in [0.4, 0.5) is 11.4 Å². The first-order valence-corrected chi connectivity index (χ1v) is 10.2. The molecule has 2 heterocycles. The summed E-state index contributed by atoms with van der Waals surface area (Å²) in [5.41, 5.74) is 5.30. The molecule has 2 saturated heterocycles. The second-order valence-corrected chi connectivity index (χ2v) is 8.83. The van der Waals surface area contributed by atoms with Crippen LogP contribution < -0.4 is 9.80 Å². The topological polar surface area (TPSA) is 40.6 Å². The molecular weight excluding hydrogens is 348 g/mol. The molecule has 146 valence electrons. The lowest BCUT2D eigenvalue weighted by Gasteiger charge is -2.26. The third kappa shape index (κ3) is 3.44. The van der Waals surface area contributed by atoms with E-state index in [1.54, 1.807) is 0 Å². The molecule has 2 amide bonds. The first kappa shape index (κ1) is 18.7. The Bertz CT molecular complexity index is 882. The van der Waals surface area contributed by atoms with E-state index in [2.05, 4.69) is 57.2 Å². The highest BCUT2D eigenvalue weighted by molar-refractivity contribution is 6.00. The van der Waals surface area contributed by atoms with Crippen molar-refractivity contribution < 1.29 is 9.59 Å². The van der Waals surface area contributed by atoms with Crippen molar-refractivity contribution in [3.8, 4) is 11.1 Å². The third-order valence-electron chi connectivity index (χ3n) is 5.72. The molecule has 28 heavy (non-hydrogen) atoms. The molecule has 4 heteroatoms. The van der Waals surface area contributed by atoms with Gasteiger partial charge in [0, 0.05) is 37.3 Å². The first-order valence-electron chi connectivity index (χ1n) is 10.2. The summed E-state index contributed by atoms with van der Waals surface area (Å²) in [7, 11) is 0. The van der Waals surface area contributed by atoms with E-state index in [-0.39, 0.29) is 17.2 Å². The molecule has 0 spiro atoms. The normalized spacial score (nSPS) is 17.7. The van der Waals surface area contributed by atoms with Crippen molar-refractivity contribution in [3.63, 3.8) is 0 Å². The van der Waals surface area contributed by atoms with E-state index in [9.17, 15) is 9.59 Å². The zero-order valence-corrected chi connectivity index (χ0v) is 17.0. The van der Waals surface area contributed by atoms with Gasteiger partial charge in [0.2, 0.25) is 11.8 Å². The number of hydrogen-bond acceptors (Lipinski definition) is 2. The molecule has 2 fully saturated rings. The van der Waals surface area contributed by atoms with Crippen LogP contribution in [-0.4, -0.2) is 24.9 Å². The van der Waals surface area contributed by atoms with Crippen LogP contribution in [0.15, 0.2) is 42.5 Å².